The Morgan fingerprint density at radius 3 is 2.87 bits per heavy atom. The third kappa shape index (κ3) is 1.98. The van der Waals surface area contributed by atoms with E-state index in [1.165, 1.54) is 15.6 Å². The number of nitrogens with two attached hydrogens (primary N) is 1. The van der Waals surface area contributed by atoms with Crippen molar-refractivity contribution in [1.29, 1.82) is 0 Å². The Morgan fingerprint density at radius 2 is 2.20 bits per heavy atom. The zero-order valence-electron chi connectivity index (χ0n) is 8.99. The standard InChI is InChI=1S/C12H15NOS/c1-8(13)7-10-4-3-9-5-6-15-12(9)11(10)14-2/h3-6,8H,7,13H2,1-2H3. The maximum atomic E-state index is 5.82. The maximum Gasteiger partial charge on any atom is 0.139 e. The number of rotatable bonds is 3. The van der Waals surface area contributed by atoms with Gasteiger partial charge in [0.15, 0.2) is 0 Å². The molecule has 15 heavy (non-hydrogen) atoms. The largest absolute Gasteiger partial charge is 0.495 e. The highest BCUT2D eigenvalue weighted by Gasteiger charge is 2.10. The number of fused-ring (bicyclic) bond motifs is 1. The summed E-state index contributed by atoms with van der Waals surface area (Å²) < 4.78 is 6.69. The van der Waals surface area contributed by atoms with Gasteiger partial charge in [0, 0.05) is 6.04 Å². The maximum absolute atomic E-state index is 5.82. The van der Waals surface area contributed by atoms with Crippen molar-refractivity contribution in [3.8, 4) is 5.75 Å². The van der Waals surface area contributed by atoms with Gasteiger partial charge >= 0.3 is 0 Å². The van der Waals surface area contributed by atoms with Gasteiger partial charge in [-0.1, -0.05) is 12.1 Å². The van der Waals surface area contributed by atoms with Gasteiger partial charge in [-0.3, -0.25) is 0 Å². The summed E-state index contributed by atoms with van der Waals surface area (Å²) in [6, 6.07) is 6.51. The van der Waals surface area contributed by atoms with Crippen molar-refractivity contribution in [3.05, 3.63) is 29.1 Å². The van der Waals surface area contributed by atoms with Gasteiger partial charge < -0.3 is 10.5 Å². The Hall–Kier alpha value is -1.06. The van der Waals surface area contributed by atoms with Gasteiger partial charge in [-0.05, 0) is 35.7 Å². The molecule has 2 nitrogen and oxygen atoms in total. The average molecular weight is 221 g/mol. The summed E-state index contributed by atoms with van der Waals surface area (Å²) in [5.74, 6) is 0.986. The molecule has 0 aliphatic carbocycles. The van der Waals surface area contributed by atoms with Crippen molar-refractivity contribution < 1.29 is 4.74 Å². The molecule has 0 saturated carbocycles. The summed E-state index contributed by atoms with van der Waals surface area (Å²) in [4.78, 5) is 0. The second-order valence-corrected chi connectivity index (χ2v) is 4.69. The lowest BCUT2D eigenvalue weighted by Crippen LogP contribution is -2.18. The van der Waals surface area contributed by atoms with E-state index in [-0.39, 0.29) is 6.04 Å². The second-order valence-electron chi connectivity index (χ2n) is 3.78. The van der Waals surface area contributed by atoms with E-state index in [1.807, 2.05) is 6.92 Å². The molecule has 1 aromatic heterocycles. The zero-order chi connectivity index (χ0) is 10.8. The minimum Gasteiger partial charge on any atom is -0.495 e. The van der Waals surface area contributed by atoms with Crippen LogP contribution in [0.3, 0.4) is 0 Å². The lowest BCUT2D eigenvalue weighted by atomic mass is 10.1. The molecule has 0 aliphatic rings. The van der Waals surface area contributed by atoms with Gasteiger partial charge in [0.25, 0.3) is 0 Å². The molecule has 1 atom stereocenters. The minimum absolute atomic E-state index is 0.163. The van der Waals surface area contributed by atoms with Crippen molar-refractivity contribution in [1.82, 2.24) is 0 Å². The van der Waals surface area contributed by atoms with Crippen LogP contribution in [-0.4, -0.2) is 13.2 Å². The first kappa shape index (κ1) is 10.5. The van der Waals surface area contributed by atoms with Crippen LogP contribution in [0.2, 0.25) is 0 Å². The molecular formula is C12H15NOS. The van der Waals surface area contributed by atoms with Crippen molar-refractivity contribution in [2.45, 2.75) is 19.4 Å². The summed E-state index contributed by atoms with van der Waals surface area (Å²) in [7, 11) is 1.72. The highest BCUT2D eigenvalue weighted by atomic mass is 32.1. The molecule has 3 heteroatoms. The van der Waals surface area contributed by atoms with E-state index in [9.17, 15) is 0 Å². The lowest BCUT2D eigenvalue weighted by molar-refractivity contribution is 0.414. The number of hydrogen-bond acceptors (Lipinski definition) is 3. The third-order valence-corrected chi connectivity index (χ3v) is 3.33. The van der Waals surface area contributed by atoms with E-state index >= 15 is 0 Å². The van der Waals surface area contributed by atoms with Crippen LogP contribution in [0.5, 0.6) is 5.75 Å². The normalized spacial score (nSPS) is 13.0. The SMILES string of the molecule is COc1c(CC(C)N)ccc2ccsc12. The highest BCUT2D eigenvalue weighted by molar-refractivity contribution is 7.17. The number of ether oxygens (including phenoxy) is 1. The molecule has 2 aromatic rings. The molecule has 1 aromatic carbocycles. The molecule has 0 aliphatic heterocycles. The van der Waals surface area contributed by atoms with Crippen LogP contribution in [0.25, 0.3) is 10.1 Å². The van der Waals surface area contributed by atoms with Gasteiger partial charge in [-0.25, -0.2) is 0 Å². The zero-order valence-corrected chi connectivity index (χ0v) is 9.80. The van der Waals surface area contributed by atoms with Crippen LogP contribution < -0.4 is 10.5 Å². The smallest absolute Gasteiger partial charge is 0.139 e. The Labute approximate surface area is 93.7 Å². The number of methoxy groups -OCH3 is 1. The summed E-state index contributed by atoms with van der Waals surface area (Å²) in [5, 5.41) is 3.33. The predicted molar refractivity (Wildman–Crippen MR) is 65.7 cm³/mol. The van der Waals surface area contributed by atoms with Gasteiger partial charge in [-0.15, -0.1) is 11.3 Å². The van der Waals surface area contributed by atoms with Crippen LogP contribution in [0.1, 0.15) is 12.5 Å². The minimum atomic E-state index is 0.163. The number of benzene rings is 1. The number of thiophene rings is 1. The van der Waals surface area contributed by atoms with Crippen molar-refractivity contribution in [2.75, 3.05) is 7.11 Å². The summed E-state index contributed by atoms with van der Waals surface area (Å²) >= 11 is 1.71. The summed E-state index contributed by atoms with van der Waals surface area (Å²) in [5.41, 5.74) is 7.01. The Kier molecular flexibility index (Phi) is 2.93. The van der Waals surface area contributed by atoms with Crippen LogP contribution in [0.4, 0.5) is 0 Å². The van der Waals surface area contributed by atoms with Crippen molar-refractivity contribution in [2.24, 2.45) is 5.73 Å². The molecule has 2 rings (SSSR count). The average Bonchev–Trinajstić information content (AvgIpc) is 2.64. The topological polar surface area (TPSA) is 35.2 Å². The fourth-order valence-electron chi connectivity index (χ4n) is 1.78. The molecule has 0 bridgehead atoms. The number of hydrogen-bond donors (Lipinski definition) is 1. The third-order valence-electron chi connectivity index (χ3n) is 2.40. The molecule has 0 fully saturated rings. The first-order valence-corrected chi connectivity index (χ1v) is 5.89. The molecule has 2 N–H and O–H groups in total. The molecule has 1 heterocycles. The van der Waals surface area contributed by atoms with E-state index < -0.39 is 0 Å². The Balaban J connectivity index is 2.53. The fourth-order valence-corrected chi connectivity index (χ4v) is 2.72. The first-order chi connectivity index (χ1) is 7.22. The molecule has 80 valence electrons. The van der Waals surface area contributed by atoms with Crippen LogP contribution in [0.15, 0.2) is 23.6 Å². The highest BCUT2D eigenvalue weighted by Crippen LogP contribution is 2.34. The second kappa shape index (κ2) is 4.21. The van der Waals surface area contributed by atoms with Gasteiger partial charge in [0.1, 0.15) is 5.75 Å². The van der Waals surface area contributed by atoms with Gasteiger partial charge in [0.2, 0.25) is 0 Å². The summed E-state index contributed by atoms with van der Waals surface area (Å²) in [6.07, 6.45) is 0.858. The van der Waals surface area contributed by atoms with Gasteiger partial charge in [-0.2, -0.15) is 0 Å². The van der Waals surface area contributed by atoms with E-state index in [1.54, 1.807) is 18.4 Å². The lowest BCUT2D eigenvalue weighted by Gasteiger charge is -2.11. The van der Waals surface area contributed by atoms with E-state index in [0.717, 1.165) is 12.2 Å². The monoisotopic (exact) mass is 221 g/mol. The van der Waals surface area contributed by atoms with Crippen LogP contribution in [-0.2, 0) is 6.42 Å². The Morgan fingerprint density at radius 1 is 1.40 bits per heavy atom. The predicted octanol–water partition coefficient (Wildman–Crippen LogP) is 2.80. The first-order valence-electron chi connectivity index (χ1n) is 5.01. The summed E-state index contributed by atoms with van der Waals surface area (Å²) in [6.45, 7) is 2.01. The Bertz CT molecular complexity index is 462. The molecule has 0 amide bonds. The quantitative estimate of drug-likeness (QED) is 0.865. The molecule has 1 unspecified atom stereocenters. The van der Waals surface area contributed by atoms with Crippen LogP contribution >= 0.6 is 11.3 Å². The molecule has 0 saturated heterocycles. The van der Waals surface area contributed by atoms with E-state index in [2.05, 4.69) is 23.6 Å². The van der Waals surface area contributed by atoms with E-state index in [0.29, 0.717) is 0 Å². The molecule has 0 spiro atoms. The van der Waals surface area contributed by atoms with E-state index in [4.69, 9.17) is 10.5 Å². The van der Waals surface area contributed by atoms with Gasteiger partial charge in [0.05, 0.1) is 11.8 Å². The van der Waals surface area contributed by atoms with Crippen molar-refractivity contribution in [3.63, 3.8) is 0 Å². The fraction of sp³-hybridized carbons (Fsp3) is 0.333. The van der Waals surface area contributed by atoms with Crippen molar-refractivity contribution >= 4 is 21.4 Å². The molecule has 0 radical (unpaired) electrons. The molecular weight excluding hydrogens is 206 g/mol. The van der Waals surface area contributed by atoms with Crippen LogP contribution in [0, 0.1) is 0 Å².